The van der Waals surface area contributed by atoms with Crippen molar-refractivity contribution in [2.45, 2.75) is 31.7 Å². The second kappa shape index (κ2) is 8.69. The van der Waals surface area contributed by atoms with Gasteiger partial charge in [0.1, 0.15) is 0 Å². The van der Waals surface area contributed by atoms with Crippen molar-refractivity contribution in [2.75, 3.05) is 13.7 Å². The first-order valence-electron chi connectivity index (χ1n) is 7.40. The maximum Gasteiger partial charge on any atom is 0.311 e. The summed E-state index contributed by atoms with van der Waals surface area (Å²) in [5.41, 5.74) is 5.80. The van der Waals surface area contributed by atoms with E-state index in [9.17, 15) is 14.9 Å². The third-order valence-corrected chi connectivity index (χ3v) is 4.17. The van der Waals surface area contributed by atoms with Crippen LogP contribution in [-0.2, 0) is 0 Å². The Hall–Kier alpha value is -1.86. The lowest BCUT2D eigenvalue weighted by atomic mass is 9.84. The molecule has 2 unspecified atom stereocenters. The van der Waals surface area contributed by atoms with Crippen molar-refractivity contribution in [3.05, 3.63) is 33.9 Å². The molecule has 1 saturated carbocycles. The topological polar surface area (TPSA) is 107 Å². The Morgan fingerprint density at radius 2 is 2.13 bits per heavy atom. The van der Waals surface area contributed by atoms with Gasteiger partial charge in [0.25, 0.3) is 5.91 Å². The number of benzene rings is 1. The Bertz CT molecular complexity index is 568. The molecule has 1 amide bonds. The molecule has 0 aromatic heterocycles. The van der Waals surface area contributed by atoms with Crippen LogP contribution in [0.15, 0.2) is 18.2 Å². The van der Waals surface area contributed by atoms with Crippen molar-refractivity contribution >= 4 is 24.0 Å². The normalized spacial score (nSPS) is 20.3. The SMILES string of the molecule is COc1ccc(C(=O)NC2CCCCC2CN)cc1[N+](=O)[O-].Cl. The van der Waals surface area contributed by atoms with Gasteiger partial charge in [-0.05, 0) is 37.4 Å². The molecule has 0 heterocycles. The average Bonchev–Trinajstić information content (AvgIpc) is 2.54. The zero-order valence-electron chi connectivity index (χ0n) is 13.0. The number of methoxy groups -OCH3 is 1. The maximum atomic E-state index is 12.3. The fourth-order valence-electron chi connectivity index (χ4n) is 2.91. The lowest BCUT2D eigenvalue weighted by Gasteiger charge is -2.31. The quantitative estimate of drug-likeness (QED) is 0.630. The number of nitrogens with two attached hydrogens (primary N) is 1. The van der Waals surface area contributed by atoms with E-state index in [1.807, 2.05) is 0 Å². The highest BCUT2D eigenvalue weighted by Crippen LogP contribution is 2.28. The van der Waals surface area contributed by atoms with Gasteiger partial charge in [-0.25, -0.2) is 0 Å². The van der Waals surface area contributed by atoms with Crippen molar-refractivity contribution < 1.29 is 14.5 Å². The van der Waals surface area contributed by atoms with Gasteiger partial charge in [-0.3, -0.25) is 14.9 Å². The zero-order chi connectivity index (χ0) is 16.1. The lowest BCUT2D eigenvalue weighted by molar-refractivity contribution is -0.385. The molecule has 0 spiro atoms. The highest BCUT2D eigenvalue weighted by atomic mass is 35.5. The average molecular weight is 344 g/mol. The van der Waals surface area contributed by atoms with Crippen molar-refractivity contribution in [3.8, 4) is 5.75 Å². The molecule has 23 heavy (non-hydrogen) atoms. The lowest BCUT2D eigenvalue weighted by Crippen LogP contribution is -2.44. The third kappa shape index (κ3) is 4.56. The highest BCUT2D eigenvalue weighted by molar-refractivity contribution is 5.95. The molecule has 2 atom stereocenters. The number of nitrogens with one attached hydrogen (secondary N) is 1. The first-order chi connectivity index (χ1) is 10.6. The van der Waals surface area contributed by atoms with Crippen LogP contribution in [0.3, 0.4) is 0 Å². The van der Waals surface area contributed by atoms with Crippen molar-refractivity contribution in [3.63, 3.8) is 0 Å². The summed E-state index contributed by atoms with van der Waals surface area (Å²) >= 11 is 0. The molecular weight excluding hydrogens is 322 g/mol. The van der Waals surface area contributed by atoms with Crippen LogP contribution in [0.1, 0.15) is 36.0 Å². The van der Waals surface area contributed by atoms with Crippen molar-refractivity contribution in [1.82, 2.24) is 5.32 Å². The molecule has 7 nitrogen and oxygen atoms in total. The number of amides is 1. The predicted molar refractivity (Wildman–Crippen MR) is 89.2 cm³/mol. The van der Waals surface area contributed by atoms with Gasteiger partial charge >= 0.3 is 5.69 Å². The summed E-state index contributed by atoms with van der Waals surface area (Å²) < 4.78 is 4.94. The molecule has 0 aliphatic heterocycles. The maximum absolute atomic E-state index is 12.3. The Morgan fingerprint density at radius 3 is 2.74 bits per heavy atom. The second-order valence-electron chi connectivity index (χ2n) is 5.50. The minimum absolute atomic E-state index is 0. The first kappa shape index (κ1) is 19.2. The number of rotatable bonds is 5. The van der Waals surface area contributed by atoms with Crippen LogP contribution in [0.4, 0.5) is 5.69 Å². The summed E-state index contributed by atoms with van der Waals surface area (Å²) in [5.74, 6) is 0.0982. The Balaban J connectivity index is 0.00000264. The highest BCUT2D eigenvalue weighted by Gasteiger charge is 2.26. The monoisotopic (exact) mass is 343 g/mol. The Labute approximate surface area is 141 Å². The zero-order valence-corrected chi connectivity index (χ0v) is 13.8. The summed E-state index contributed by atoms with van der Waals surface area (Å²) in [6.45, 7) is 0.535. The molecule has 0 saturated heterocycles. The number of hydrogen-bond acceptors (Lipinski definition) is 5. The van der Waals surface area contributed by atoms with Crippen molar-refractivity contribution in [2.24, 2.45) is 11.7 Å². The van der Waals surface area contributed by atoms with Crippen LogP contribution in [0.5, 0.6) is 5.75 Å². The van der Waals surface area contributed by atoms with E-state index in [0.29, 0.717) is 6.54 Å². The van der Waals surface area contributed by atoms with E-state index in [2.05, 4.69) is 5.32 Å². The summed E-state index contributed by atoms with van der Waals surface area (Å²) in [6.07, 6.45) is 4.09. The van der Waals surface area contributed by atoms with Gasteiger partial charge in [-0.15, -0.1) is 12.4 Å². The Kier molecular flexibility index (Phi) is 7.25. The van der Waals surface area contributed by atoms with Gasteiger partial charge in [-0.2, -0.15) is 0 Å². The van der Waals surface area contributed by atoms with E-state index >= 15 is 0 Å². The second-order valence-corrected chi connectivity index (χ2v) is 5.50. The van der Waals surface area contributed by atoms with Gasteiger partial charge < -0.3 is 15.8 Å². The van der Waals surface area contributed by atoms with E-state index in [1.165, 1.54) is 25.3 Å². The van der Waals surface area contributed by atoms with E-state index in [4.69, 9.17) is 10.5 Å². The van der Waals surface area contributed by atoms with Crippen LogP contribution in [0.25, 0.3) is 0 Å². The minimum atomic E-state index is -0.557. The number of ether oxygens (including phenoxy) is 1. The first-order valence-corrected chi connectivity index (χ1v) is 7.40. The fourth-order valence-corrected chi connectivity index (χ4v) is 2.91. The molecule has 1 aromatic rings. The number of hydrogen-bond donors (Lipinski definition) is 2. The van der Waals surface area contributed by atoms with E-state index in [-0.39, 0.29) is 47.3 Å². The molecule has 8 heteroatoms. The number of nitro benzene ring substituents is 1. The number of carbonyl (C=O) groups is 1. The smallest absolute Gasteiger partial charge is 0.311 e. The largest absolute Gasteiger partial charge is 0.490 e. The molecule has 1 aromatic carbocycles. The van der Waals surface area contributed by atoms with Gasteiger partial charge in [0.2, 0.25) is 0 Å². The summed E-state index contributed by atoms with van der Waals surface area (Å²) in [7, 11) is 1.36. The molecule has 0 radical (unpaired) electrons. The van der Waals surface area contributed by atoms with Crippen LogP contribution >= 0.6 is 12.4 Å². The predicted octanol–water partition coefficient (Wildman–Crippen LogP) is 2.27. The summed E-state index contributed by atoms with van der Waals surface area (Å²) in [5, 5.41) is 14.0. The van der Waals surface area contributed by atoms with Gasteiger partial charge in [0.05, 0.1) is 12.0 Å². The molecule has 1 fully saturated rings. The number of nitro groups is 1. The van der Waals surface area contributed by atoms with Gasteiger partial charge in [0, 0.05) is 17.7 Å². The molecule has 2 rings (SSSR count). The van der Waals surface area contributed by atoms with Gasteiger partial charge in [0.15, 0.2) is 5.75 Å². The molecule has 1 aliphatic carbocycles. The molecule has 1 aliphatic rings. The number of carbonyl (C=O) groups excluding carboxylic acids is 1. The third-order valence-electron chi connectivity index (χ3n) is 4.17. The Morgan fingerprint density at radius 1 is 1.43 bits per heavy atom. The van der Waals surface area contributed by atoms with E-state index in [0.717, 1.165) is 25.7 Å². The number of nitrogens with zero attached hydrogens (tertiary/aromatic N) is 1. The molecular formula is C15H22ClN3O4. The van der Waals surface area contributed by atoms with E-state index in [1.54, 1.807) is 0 Å². The van der Waals surface area contributed by atoms with Gasteiger partial charge in [-0.1, -0.05) is 12.8 Å². The van der Waals surface area contributed by atoms with Crippen LogP contribution < -0.4 is 15.8 Å². The van der Waals surface area contributed by atoms with Crippen LogP contribution in [0, 0.1) is 16.0 Å². The standard InChI is InChI=1S/C15H21N3O4.ClH/c1-22-14-7-6-10(8-13(14)18(20)21)15(19)17-12-5-3-2-4-11(12)9-16;/h6-8,11-12H,2-5,9,16H2,1H3,(H,17,19);1H. The minimum Gasteiger partial charge on any atom is -0.490 e. The summed E-state index contributed by atoms with van der Waals surface area (Å²) in [4.78, 5) is 22.8. The van der Waals surface area contributed by atoms with Crippen LogP contribution in [-0.4, -0.2) is 30.5 Å². The molecule has 128 valence electrons. The fraction of sp³-hybridized carbons (Fsp3) is 0.533. The summed E-state index contributed by atoms with van der Waals surface area (Å²) in [6, 6.07) is 4.25. The molecule has 0 bridgehead atoms. The van der Waals surface area contributed by atoms with E-state index < -0.39 is 4.92 Å². The van der Waals surface area contributed by atoms with Crippen molar-refractivity contribution in [1.29, 1.82) is 0 Å². The molecule has 3 N–H and O–H groups in total. The number of halogens is 1. The van der Waals surface area contributed by atoms with Crippen LogP contribution in [0.2, 0.25) is 0 Å².